The zero-order chi connectivity index (χ0) is 28.5. The van der Waals surface area contributed by atoms with Crippen LogP contribution in [0.2, 0.25) is 5.02 Å². The summed E-state index contributed by atoms with van der Waals surface area (Å²) in [6, 6.07) is 13.4. The summed E-state index contributed by atoms with van der Waals surface area (Å²) in [4.78, 5) is 37.2. The molecule has 13 heteroatoms. The van der Waals surface area contributed by atoms with Crippen molar-refractivity contribution in [2.75, 3.05) is 19.1 Å². The zero-order valence-electron chi connectivity index (χ0n) is 21.7. The number of ether oxygens (including phenoxy) is 1. The summed E-state index contributed by atoms with van der Waals surface area (Å²) in [7, 11) is 1.34. The lowest BCUT2D eigenvalue weighted by Crippen LogP contribution is -2.29. The molecule has 0 fully saturated rings. The van der Waals surface area contributed by atoms with Gasteiger partial charge in [0.15, 0.2) is 0 Å². The van der Waals surface area contributed by atoms with Gasteiger partial charge in [-0.1, -0.05) is 35.9 Å². The fraction of sp³-hybridized carbons (Fsp3) is 0.222. The van der Waals surface area contributed by atoms with Crippen LogP contribution in [0.5, 0.6) is 0 Å². The monoisotopic (exact) mass is 579 g/mol. The van der Waals surface area contributed by atoms with Crippen LogP contribution < -0.4 is 10.9 Å². The highest BCUT2D eigenvalue weighted by Gasteiger charge is 2.18. The second-order valence-corrected chi connectivity index (χ2v) is 10.0. The predicted molar refractivity (Wildman–Crippen MR) is 153 cm³/mol. The van der Waals surface area contributed by atoms with Crippen molar-refractivity contribution in [2.24, 2.45) is 0 Å². The van der Waals surface area contributed by atoms with Crippen molar-refractivity contribution in [1.82, 2.24) is 35.7 Å². The van der Waals surface area contributed by atoms with E-state index in [2.05, 4.69) is 31.0 Å². The van der Waals surface area contributed by atoms with Gasteiger partial charge in [-0.3, -0.25) is 14.4 Å². The van der Waals surface area contributed by atoms with Gasteiger partial charge in [0.1, 0.15) is 6.33 Å². The summed E-state index contributed by atoms with van der Waals surface area (Å²) >= 11 is 7.81. The normalized spacial score (nSPS) is 11.9. The molecule has 40 heavy (non-hydrogen) atoms. The van der Waals surface area contributed by atoms with Gasteiger partial charge in [0, 0.05) is 16.7 Å². The molecule has 0 bridgehead atoms. The maximum absolute atomic E-state index is 13.0. The lowest BCUT2D eigenvalue weighted by molar-refractivity contribution is -0.139. The molecule has 1 amide bonds. The van der Waals surface area contributed by atoms with Crippen molar-refractivity contribution < 1.29 is 14.3 Å². The molecule has 2 aromatic carbocycles. The Balaban J connectivity index is 1.56. The van der Waals surface area contributed by atoms with Crippen molar-refractivity contribution in [2.45, 2.75) is 18.9 Å². The standard InChI is InChI=1S/C27H26ClN7O4S/c1-39-26(37)13-17-3-5-18(6-4-17)21-15-23(31-32-27(21)38)22(11-12-40-2)30-25(36)10-7-19-14-20(28)8-9-24(19)35-16-29-33-34-35/h3-10,14-16,22H,11-13H2,1-2H3,(H,30,36)(H,32,38)/b10-7+/t22-/m0/s1. The SMILES string of the molecule is COC(=O)Cc1ccc(-c2cc([C@H](CCSC)NC(=O)/C=C/c3cc(Cl)ccc3-n3cnnn3)n[nH]c2=O)cc1. The molecular weight excluding hydrogens is 554 g/mol. The second kappa shape index (κ2) is 13.7. The van der Waals surface area contributed by atoms with Crippen LogP contribution in [-0.4, -0.2) is 61.4 Å². The number of halogens is 1. The topological polar surface area (TPSA) is 145 Å². The highest BCUT2D eigenvalue weighted by Crippen LogP contribution is 2.23. The molecule has 0 radical (unpaired) electrons. The van der Waals surface area contributed by atoms with E-state index in [1.165, 1.54) is 24.2 Å². The summed E-state index contributed by atoms with van der Waals surface area (Å²) in [5.74, 6) is 0.0563. The molecule has 2 heterocycles. The number of rotatable bonds is 11. The molecule has 0 aliphatic carbocycles. The van der Waals surface area contributed by atoms with E-state index in [0.717, 1.165) is 11.3 Å². The molecule has 206 valence electrons. The molecule has 0 spiro atoms. The smallest absolute Gasteiger partial charge is 0.309 e. The quantitative estimate of drug-likeness (QED) is 0.202. The first-order valence-corrected chi connectivity index (χ1v) is 13.9. The van der Waals surface area contributed by atoms with E-state index in [1.54, 1.807) is 66.4 Å². The summed E-state index contributed by atoms with van der Waals surface area (Å²) < 4.78 is 6.18. The maximum atomic E-state index is 13.0. The lowest BCUT2D eigenvalue weighted by atomic mass is 10.0. The van der Waals surface area contributed by atoms with Crippen LogP contribution >= 0.6 is 23.4 Å². The average Bonchev–Trinajstić information content (AvgIpc) is 3.50. The number of esters is 1. The summed E-state index contributed by atoms with van der Waals surface area (Å²) in [6.45, 7) is 0. The number of methoxy groups -OCH3 is 1. The Morgan fingerprint density at radius 3 is 2.70 bits per heavy atom. The van der Waals surface area contributed by atoms with E-state index >= 15 is 0 Å². The molecule has 2 aromatic heterocycles. The molecule has 11 nitrogen and oxygen atoms in total. The summed E-state index contributed by atoms with van der Waals surface area (Å²) in [5.41, 5.74) is 3.28. The molecule has 1 atom stereocenters. The molecule has 0 unspecified atom stereocenters. The minimum Gasteiger partial charge on any atom is -0.469 e. The number of hydrogen-bond acceptors (Lipinski definition) is 9. The van der Waals surface area contributed by atoms with E-state index in [9.17, 15) is 14.4 Å². The number of aromatic amines is 1. The van der Waals surface area contributed by atoms with Gasteiger partial charge >= 0.3 is 5.97 Å². The number of tetrazole rings is 1. The Labute approximate surface area is 239 Å². The third kappa shape index (κ3) is 7.42. The van der Waals surface area contributed by atoms with Crippen LogP contribution in [0.25, 0.3) is 22.9 Å². The molecule has 0 aliphatic heterocycles. The zero-order valence-corrected chi connectivity index (χ0v) is 23.3. The van der Waals surface area contributed by atoms with Gasteiger partial charge in [0.25, 0.3) is 5.56 Å². The number of amides is 1. The molecule has 0 saturated heterocycles. The third-order valence-electron chi connectivity index (χ3n) is 5.95. The van der Waals surface area contributed by atoms with Crippen LogP contribution in [0.3, 0.4) is 0 Å². The summed E-state index contributed by atoms with van der Waals surface area (Å²) in [6.07, 6.45) is 7.18. The first kappa shape index (κ1) is 28.7. The average molecular weight is 580 g/mol. The number of benzene rings is 2. The Kier molecular flexibility index (Phi) is 9.81. The van der Waals surface area contributed by atoms with Gasteiger partial charge in [-0.15, -0.1) is 5.10 Å². The van der Waals surface area contributed by atoms with Crippen molar-refractivity contribution >= 4 is 41.3 Å². The number of aromatic nitrogens is 6. The molecule has 0 aliphatic rings. The van der Waals surface area contributed by atoms with Gasteiger partial charge in [0.2, 0.25) is 5.91 Å². The second-order valence-electron chi connectivity index (χ2n) is 8.62. The number of nitrogens with one attached hydrogen (secondary N) is 2. The van der Waals surface area contributed by atoms with Crippen LogP contribution in [0.15, 0.2) is 65.7 Å². The van der Waals surface area contributed by atoms with E-state index in [4.69, 9.17) is 16.3 Å². The van der Waals surface area contributed by atoms with Crippen LogP contribution in [0, 0.1) is 0 Å². The first-order valence-electron chi connectivity index (χ1n) is 12.1. The van der Waals surface area contributed by atoms with Gasteiger partial charge in [-0.2, -0.15) is 21.5 Å². The van der Waals surface area contributed by atoms with Crippen molar-refractivity contribution in [3.05, 3.63) is 93.1 Å². The Morgan fingerprint density at radius 1 is 1.20 bits per heavy atom. The maximum Gasteiger partial charge on any atom is 0.309 e. The highest BCUT2D eigenvalue weighted by atomic mass is 35.5. The molecule has 4 aromatic rings. The molecular formula is C27H26ClN7O4S. The summed E-state index contributed by atoms with van der Waals surface area (Å²) in [5, 5.41) is 21.5. The lowest BCUT2D eigenvalue weighted by Gasteiger charge is -2.17. The van der Waals surface area contributed by atoms with Crippen LogP contribution in [0.1, 0.15) is 29.3 Å². The van der Waals surface area contributed by atoms with E-state index in [0.29, 0.717) is 39.5 Å². The minimum absolute atomic E-state index is 0.136. The predicted octanol–water partition coefficient (Wildman–Crippen LogP) is 3.41. The molecule has 4 rings (SSSR count). The number of thioether (sulfide) groups is 1. The fourth-order valence-corrected chi connectivity index (χ4v) is 4.56. The van der Waals surface area contributed by atoms with Crippen LogP contribution in [-0.2, 0) is 20.7 Å². The van der Waals surface area contributed by atoms with Crippen molar-refractivity contribution in [3.8, 4) is 16.8 Å². The number of carbonyl (C=O) groups excluding carboxylic acids is 2. The van der Waals surface area contributed by atoms with E-state index in [-0.39, 0.29) is 23.9 Å². The highest BCUT2D eigenvalue weighted by molar-refractivity contribution is 7.98. The van der Waals surface area contributed by atoms with E-state index < -0.39 is 6.04 Å². The Hall–Kier alpha value is -4.29. The molecule has 0 saturated carbocycles. The largest absolute Gasteiger partial charge is 0.469 e. The first-order chi connectivity index (χ1) is 19.4. The Bertz CT molecular complexity index is 1560. The van der Waals surface area contributed by atoms with E-state index in [1.807, 2.05) is 6.26 Å². The minimum atomic E-state index is -0.461. The number of carbonyl (C=O) groups is 2. The van der Waals surface area contributed by atoms with Gasteiger partial charge < -0.3 is 10.1 Å². The van der Waals surface area contributed by atoms with Gasteiger partial charge in [-0.25, -0.2) is 5.10 Å². The number of nitrogens with zero attached hydrogens (tertiary/aromatic N) is 5. The fourth-order valence-electron chi connectivity index (χ4n) is 3.91. The Morgan fingerprint density at radius 2 is 2.00 bits per heavy atom. The van der Waals surface area contributed by atoms with Crippen molar-refractivity contribution in [1.29, 1.82) is 0 Å². The number of hydrogen-bond donors (Lipinski definition) is 2. The van der Waals surface area contributed by atoms with Crippen LogP contribution in [0.4, 0.5) is 0 Å². The van der Waals surface area contributed by atoms with Gasteiger partial charge in [-0.05, 0) is 70.3 Å². The van der Waals surface area contributed by atoms with Gasteiger partial charge in [0.05, 0.1) is 36.5 Å². The number of H-pyrrole nitrogens is 1. The third-order valence-corrected chi connectivity index (χ3v) is 6.83. The molecule has 2 N–H and O–H groups in total. The van der Waals surface area contributed by atoms with Crippen molar-refractivity contribution in [3.63, 3.8) is 0 Å².